The molecule has 2 N–H and O–H groups in total. The lowest BCUT2D eigenvalue weighted by Gasteiger charge is -2.49. The van der Waals surface area contributed by atoms with Gasteiger partial charge in [-0.1, -0.05) is 54.5 Å². The highest BCUT2D eigenvalue weighted by Crippen LogP contribution is 2.48. The molecule has 58 heavy (non-hydrogen) atoms. The molecule has 3 aromatic rings. The third-order valence-electron chi connectivity index (χ3n) is 12.0. The lowest BCUT2D eigenvalue weighted by atomic mass is 9.93. The van der Waals surface area contributed by atoms with Gasteiger partial charge in [-0.3, -0.25) is 4.79 Å². The Morgan fingerprint density at radius 2 is 1.47 bits per heavy atom. The molecule has 0 radical (unpaired) electrons. The lowest BCUT2D eigenvalue weighted by Crippen LogP contribution is -2.60. The second-order valence-electron chi connectivity index (χ2n) is 19.8. The number of pyridine rings is 2. The van der Waals surface area contributed by atoms with Gasteiger partial charge in [0.05, 0.1) is 17.4 Å². The number of fused-ring (bicyclic) bond motifs is 1. The highest BCUT2D eigenvalue weighted by Gasteiger charge is 2.46. The number of hydrogen-bond donors (Lipinski definition) is 2. The number of halogens is 3. The molecular weight excluding hydrogens is 780 g/mol. The van der Waals surface area contributed by atoms with Gasteiger partial charge in [0.1, 0.15) is 46.3 Å². The maximum atomic E-state index is 15.2. The van der Waals surface area contributed by atoms with Crippen molar-refractivity contribution >= 4 is 40.0 Å². The Morgan fingerprint density at radius 1 is 0.845 bits per heavy atom. The maximum absolute atomic E-state index is 15.2. The molecule has 1 fully saturated rings. The second-order valence-corrected chi connectivity index (χ2v) is 29.3. The first-order chi connectivity index (χ1) is 26.6. The molecule has 3 heterocycles. The van der Waals surface area contributed by atoms with Gasteiger partial charge in [-0.05, 0) is 112 Å². The quantitative estimate of drug-likeness (QED) is 0.205. The number of aryl methyl sites for hydroxylation is 1. The molecule has 318 valence electrons. The first-order valence-electron chi connectivity index (χ1n) is 20.2. The molecule has 2 aromatic heterocycles. The van der Waals surface area contributed by atoms with Crippen molar-refractivity contribution in [2.45, 2.75) is 149 Å². The van der Waals surface area contributed by atoms with Crippen LogP contribution < -0.4 is 20.0 Å². The zero-order valence-electron chi connectivity index (χ0n) is 36.7. The van der Waals surface area contributed by atoms with E-state index in [2.05, 4.69) is 95.2 Å². The fraction of sp³-hybridized carbons (Fsp3) is 0.581. The molecule has 2 aliphatic rings. The second kappa shape index (κ2) is 16.2. The average molecular weight is 842 g/mol. The number of amides is 2. The summed E-state index contributed by atoms with van der Waals surface area (Å²) >= 11 is 0. The molecule has 3 atom stereocenters. The number of piperidine rings is 1. The summed E-state index contributed by atoms with van der Waals surface area (Å²) in [5, 5.41) is 5.88. The highest BCUT2D eigenvalue weighted by atomic mass is 28.4. The summed E-state index contributed by atoms with van der Waals surface area (Å²) in [6.45, 7) is 29.5. The number of carbonyl (C=O) groups excluding carboxylic acids is 2. The average Bonchev–Trinajstić information content (AvgIpc) is 3.53. The lowest BCUT2D eigenvalue weighted by molar-refractivity contribution is 0.0423. The molecule has 1 saturated heterocycles. The summed E-state index contributed by atoms with van der Waals surface area (Å²) in [4.78, 5) is 39.4. The van der Waals surface area contributed by atoms with Crippen molar-refractivity contribution < 1.29 is 36.3 Å². The molecule has 0 saturated carbocycles. The van der Waals surface area contributed by atoms with Crippen LogP contribution in [0.1, 0.15) is 104 Å². The number of rotatable bonds is 9. The Balaban J connectivity index is 1.69. The van der Waals surface area contributed by atoms with E-state index in [9.17, 15) is 18.4 Å². The van der Waals surface area contributed by atoms with Gasteiger partial charge in [0.15, 0.2) is 8.32 Å². The van der Waals surface area contributed by atoms with Crippen LogP contribution >= 0.6 is 0 Å². The SMILES string of the molecule is C[C@H]1CN(c2c3c(nc(O[Si](C)(C)C(C)(C)C)c2NC(=O)c2ccc(F)c(-c4c(F)cccc4F)n2)CCC3)C(NC(=O)OC(C)(C)C)C[C@H]1O[Si](C)(C)C(C)(C)C. The number of anilines is 2. The van der Waals surface area contributed by atoms with E-state index < -0.39 is 69.1 Å². The summed E-state index contributed by atoms with van der Waals surface area (Å²) in [6.07, 6.45) is 1.14. The Labute approximate surface area is 344 Å². The van der Waals surface area contributed by atoms with Crippen LogP contribution in [-0.4, -0.2) is 63.0 Å². The minimum atomic E-state index is -2.61. The molecule has 1 aromatic carbocycles. The van der Waals surface area contributed by atoms with E-state index in [1.807, 2.05) is 0 Å². The molecule has 1 aliphatic heterocycles. The van der Waals surface area contributed by atoms with Crippen LogP contribution in [0, 0.1) is 23.4 Å². The normalized spacial score (nSPS) is 19.1. The van der Waals surface area contributed by atoms with Crippen molar-refractivity contribution in [3.63, 3.8) is 0 Å². The van der Waals surface area contributed by atoms with Crippen molar-refractivity contribution in [3.8, 4) is 17.1 Å². The van der Waals surface area contributed by atoms with E-state index >= 15 is 4.39 Å². The zero-order chi connectivity index (χ0) is 43.3. The zero-order valence-corrected chi connectivity index (χ0v) is 38.7. The van der Waals surface area contributed by atoms with E-state index in [0.29, 0.717) is 31.5 Å². The van der Waals surface area contributed by atoms with Crippen molar-refractivity contribution in [2.75, 3.05) is 16.8 Å². The van der Waals surface area contributed by atoms with Gasteiger partial charge in [0, 0.05) is 18.7 Å². The Bertz CT molecular complexity index is 2020. The number of carbonyl (C=O) groups is 2. The fourth-order valence-electron chi connectivity index (χ4n) is 6.76. The summed E-state index contributed by atoms with van der Waals surface area (Å²) in [5.74, 6) is -3.58. The molecule has 1 unspecified atom stereocenters. The van der Waals surface area contributed by atoms with Gasteiger partial charge in [-0.15, -0.1) is 0 Å². The molecule has 1 aliphatic carbocycles. The van der Waals surface area contributed by atoms with Crippen LogP contribution in [0.2, 0.25) is 36.3 Å². The molecule has 2 amide bonds. The molecule has 5 rings (SSSR count). The largest absolute Gasteiger partial charge is 0.529 e. The van der Waals surface area contributed by atoms with Crippen LogP contribution in [0.3, 0.4) is 0 Å². The van der Waals surface area contributed by atoms with E-state index in [-0.39, 0.29) is 39.4 Å². The number of benzene rings is 1. The van der Waals surface area contributed by atoms with Crippen LogP contribution in [0.4, 0.5) is 29.3 Å². The smallest absolute Gasteiger partial charge is 0.409 e. The van der Waals surface area contributed by atoms with Crippen LogP contribution in [-0.2, 0) is 22.0 Å². The third kappa shape index (κ3) is 9.73. The first-order valence-corrected chi connectivity index (χ1v) is 26.0. The predicted octanol–water partition coefficient (Wildman–Crippen LogP) is 10.8. The summed E-state index contributed by atoms with van der Waals surface area (Å²) < 4.78 is 64.7. The predicted molar refractivity (Wildman–Crippen MR) is 228 cm³/mol. The summed E-state index contributed by atoms with van der Waals surface area (Å²) in [7, 11) is -4.86. The molecule has 0 bridgehead atoms. The number of ether oxygens (including phenoxy) is 1. The minimum absolute atomic E-state index is 0.0127. The molecule has 15 heteroatoms. The summed E-state index contributed by atoms with van der Waals surface area (Å²) in [6, 6.07) is 5.31. The van der Waals surface area contributed by atoms with Gasteiger partial charge < -0.3 is 29.1 Å². The minimum Gasteiger partial charge on any atom is -0.529 e. The van der Waals surface area contributed by atoms with Crippen molar-refractivity contribution in [1.29, 1.82) is 0 Å². The van der Waals surface area contributed by atoms with E-state index in [1.54, 1.807) is 20.8 Å². The van der Waals surface area contributed by atoms with E-state index in [0.717, 1.165) is 35.9 Å². The highest BCUT2D eigenvalue weighted by molar-refractivity contribution is 6.75. The Morgan fingerprint density at radius 3 is 2.05 bits per heavy atom. The number of hydrogen-bond acceptors (Lipinski definition) is 8. The van der Waals surface area contributed by atoms with Crippen molar-refractivity contribution in [2.24, 2.45) is 5.92 Å². The molecule has 10 nitrogen and oxygen atoms in total. The van der Waals surface area contributed by atoms with Crippen LogP contribution in [0.25, 0.3) is 11.3 Å². The first kappa shape index (κ1) is 45.1. The molecule has 0 spiro atoms. The topological polar surface area (TPSA) is 115 Å². The number of nitrogens with one attached hydrogen (secondary N) is 2. The number of nitrogens with zero attached hydrogens (tertiary/aromatic N) is 3. The van der Waals surface area contributed by atoms with Crippen molar-refractivity contribution in [3.05, 3.63) is 64.7 Å². The maximum Gasteiger partial charge on any atom is 0.409 e. The van der Waals surface area contributed by atoms with Crippen LogP contribution in [0.15, 0.2) is 30.3 Å². The van der Waals surface area contributed by atoms with Gasteiger partial charge >= 0.3 is 6.09 Å². The van der Waals surface area contributed by atoms with Gasteiger partial charge in [-0.25, -0.2) is 27.9 Å². The van der Waals surface area contributed by atoms with Gasteiger partial charge in [-0.2, -0.15) is 0 Å². The summed E-state index contributed by atoms with van der Waals surface area (Å²) in [5.41, 5.74) is 0.312. The van der Waals surface area contributed by atoms with Gasteiger partial charge in [0.25, 0.3) is 14.2 Å². The number of alkyl carbamates (subject to hydrolysis) is 1. The number of aromatic nitrogens is 2. The Kier molecular flexibility index (Phi) is 12.6. The fourth-order valence-corrected chi connectivity index (χ4v) is 9.14. The van der Waals surface area contributed by atoms with E-state index in [4.69, 9.17) is 18.6 Å². The van der Waals surface area contributed by atoms with E-state index in [1.165, 1.54) is 12.1 Å². The molecular formula is C43H62F3N5O5Si2. The Hall–Kier alpha value is -3.96. The third-order valence-corrected chi connectivity index (χ3v) is 20.8. The van der Waals surface area contributed by atoms with Gasteiger partial charge in [0.2, 0.25) is 5.88 Å². The van der Waals surface area contributed by atoms with Crippen molar-refractivity contribution in [1.82, 2.24) is 15.3 Å². The standard InChI is InChI=1S/C43H62F3N5O5Si2/c1-25-24-51(33(49-40(53)54-41(2,3)4)23-32(25)55-57(11,12)42(5,6)7)37-26-17-15-20-30(26)48-39(56-58(13,14)43(8,9)10)36(37)50-38(52)31-22-21-29(46)35(47-31)34-27(44)18-16-19-28(34)45/h16,18-19,21-22,25,32-33H,15,17,20,23-24H2,1-14H3,(H,49,53)(H,50,52)/t25-,32+,33?/m0/s1. The monoisotopic (exact) mass is 841 g/mol. The van der Waals surface area contributed by atoms with Crippen LogP contribution in [0.5, 0.6) is 5.88 Å².